The van der Waals surface area contributed by atoms with E-state index >= 15 is 0 Å². The zero-order valence-corrected chi connectivity index (χ0v) is 18.3. The van der Waals surface area contributed by atoms with E-state index < -0.39 is 0 Å². The Labute approximate surface area is 176 Å². The Kier molecular flexibility index (Phi) is 5.47. The van der Waals surface area contributed by atoms with E-state index in [4.69, 9.17) is 4.98 Å². The molecular formula is C23H29N3O2S. The Morgan fingerprint density at radius 2 is 1.97 bits per heavy atom. The Morgan fingerprint density at radius 1 is 1.21 bits per heavy atom. The number of amides is 2. The first-order valence-electron chi connectivity index (χ1n) is 10.5. The van der Waals surface area contributed by atoms with Crippen molar-refractivity contribution in [3.05, 3.63) is 51.5 Å². The van der Waals surface area contributed by atoms with Gasteiger partial charge in [-0.25, -0.2) is 4.98 Å². The van der Waals surface area contributed by atoms with Crippen molar-refractivity contribution < 1.29 is 9.59 Å². The highest BCUT2D eigenvalue weighted by Gasteiger charge is 2.49. The van der Waals surface area contributed by atoms with E-state index in [2.05, 4.69) is 19.1 Å². The molecule has 2 atom stereocenters. The largest absolute Gasteiger partial charge is 0.335 e. The number of aromatic nitrogens is 1. The predicted molar refractivity (Wildman–Crippen MR) is 115 cm³/mol. The molecule has 1 aromatic heterocycles. The smallest absolute Gasteiger partial charge is 0.266 e. The van der Waals surface area contributed by atoms with Gasteiger partial charge >= 0.3 is 0 Å². The second-order valence-electron chi connectivity index (χ2n) is 8.47. The molecule has 2 amide bonds. The average molecular weight is 412 g/mol. The highest BCUT2D eigenvalue weighted by Crippen LogP contribution is 2.40. The summed E-state index contributed by atoms with van der Waals surface area (Å²) in [4.78, 5) is 35.3. The zero-order chi connectivity index (χ0) is 20.6. The Morgan fingerprint density at radius 3 is 2.69 bits per heavy atom. The van der Waals surface area contributed by atoms with Gasteiger partial charge in [0, 0.05) is 26.4 Å². The summed E-state index contributed by atoms with van der Waals surface area (Å²) in [6.45, 7) is 7.31. The van der Waals surface area contributed by atoms with Crippen molar-refractivity contribution in [3.63, 3.8) is 0 Å². The van der Waals surface area contributed by atoms with Crippen molar-refractivity contribution in [2.24, 2.45) is 0 Å². The van der Waals surface area contributed by atoms with Crippen molar-refractivity contribution in [1.29, 1.82) is 0 Å². The normalized spacial score (nSPS) is 24.3. The molecule has 2 aliphatic rings. The van der Waals surface area contributed by atoms with Crippen LogP contribution in [-0.4, -0.2) is 51.3 Å². The van der Waals surface area contributed by atoms with Gasteiger partial charge in [0.2, 0.25) is 5.91 Å². The van der Waals surface area contributed by atoms with Crippen LogP contribution in [0.2, 0.25) is 0 Å². The third-order valence-electron chi connectivity index (χ3n) is 6.53. The van der Waals surface area contributed by atoms with Crippen LogP contribution in [0, 0.1) is 6.92 Å². The topological polar surface area (TPSA) is 53.5 Å². The fraction of sp³-hybridized carbons (Fsp3) is 0.522. The quantitative estimate of drug-likeness (QED) is 0.766. The number of hydrogen-bond donors (Lipinski definition) is 0. The van der Waals surface area contributed by atoms with E-state index in [1.807, 2.05) is 34.9 Å². The molecular weight excluding hydrogens is 382 g/mol. The molecule has 2 saturated heterocycles. The van der Waals surface area contributed by atoms with Gasteiger partial charge in [0.05, 0.1) is 22.3 Å². The molecule has 0 saturated carbocycles. The minimum Gasteiger partial charge on any atom is -0.335 e. The van der Waals surface area contributed by atoms with Gasteiger partial charge in [-0.05, 0) is 45.1 Å². The monoisotopic (exact) mass is 411 g/mol. The number of hydrogen-bond acceptors (Lipinski definition) is 4. The molecule has 0 bridgehead atoms. The summed E-state index contributed by atoms with van der Waals surface area (Å²) in [6, 6.07) is 10.3. The van der Waals surface area contributed by atoms with Gasteiger partial charge in [-0.1, -0.05) is 30.3 Å². The van der Waals surface area contributed by atoms with Crippen LogP contribution in [0.1, 0.15) is 65.5 Å². The van der Waals surface area contributed by atoms with Crippen LogP contribution in [0.15, 0.2) is 30.3 Å². The second kappa shape index (κ2) is 7.90. The highest BCUT2D eigenvalue weighted by molar-refractivity contribution is 7.13. The molecule has 2 fully saturated rings. The summed E-state index contributed by atoms with van der Waals surface area (Å²) in [5, 5.41) is 0.978. The van der Waals surface area contributed by atoms with Gasteiger partial charge in [-0.3, -0.25) is 9.59 Å². The van der Waals surface area contributed by atoms with Crippen LogP contribution in [0.5, 0.6) is 0 Å². The van der Waals surface area contributed by atoms with E-state index in [-0.39, 0.29) is 23.4 Å². The molecule has 0 unspecified atom stereocenters. The van der Waals surface area contributed by atoms with Crippen LogP contribution in [0.25, 0.3) is 0 Å². The summed E-state index contributed by atoms with van der Waals surface area (Å²) in [6.07, 6.45) is 4.55. The lowest BCUT2D eigenvalue weighted by Crippen LogP contribution is -2.67. The molecule has 1 aromatic carbocycles. The molecule has 29 heavy (non-hydrogen) atoms. The van der Waals surface area contributed by atoms with Crippen LogP contribution < -0.4 is 0 Å². The Balaban J connectivity index is 1.58. The van der Waals surface area contributed by atoms with Gasteiger partial charge < -0.3 is 9.80 Å². The highest BCUT2D eigenvalue weighted by atomic mass is 32.1. The third kappa shape index (κ3) is 3.70. The fourth-order valence-electron chi connectivity index (χ4n) is 5.13. The molecule has 4 rings (SSSR count). The van der Waals surface area contributed by atoms with Gasteiger partial charge in [-0.2, -0.15) is 0 Å². The van der Waals surface area contributed by atoms with E-state index in [1.54, 1.807) is 6.92 Å². The lowest BCUT2D eigenvalue weighted by atomic mass is 9.76. The van der Waals surface area contributed by atoms with Gasteiger partial charge in [0.1, 0.15) is 4.88 Å². The molecule has 6 heteroatoms. The SMILES string of the molecule is CC(=O)N1CCC[C@H]2N(C(=O)c3sc(Cc4ccccc4)nc3C)CCC[C@@]21C. The predicted octanol–water partition coefficient (Wildman–Crippen LogP) is 4.05. The lowest BCUT2D eigenvalue weighted by Gasteiger charge is -2.56. The summed E-state index contributed by atoms with van der Waals surface area (Å²) in [5.74, 6) is 0.200. The van der Waals surface area contributed by atoms with Crippen molar-refractivity contribution in [1.82, 2.24) is 14.8 Å². The van der Waals surface area contributed by atoms with Gasteiger partial charge in [0.15, 0.2) is 0 Å². The standard InChI is InChI=1S/C23H29N3O2S/c1-16-21(29-20(24-16)15-18-9-5-4-6-10-18)22(28)25-13-8-12-23(3)19(25)11-7-14-26(23)17(2)27/h4-6,9-10,19H,7-8,11-15H2,1-3H3/t19-,23+/m1/s1. The third-order valence-corrected chi connectivity index (χ3v) is 7.67. The second-order valence-corrected chi connectivity index (χ2v) is 9.56. The average Bonchev–Trinajstić information content (AvgIpc) is 3.06. The summed E-state index contributed by atoms with van der Waals surface area (Å²) in [7, 11) is 0. The maximum absolute atomic E-state index is 13.6. The molecule has 0 aliphatic carbocycles. The number of rotatable bonds is 3. The number of thiazole rings is 1. The number of nitrogens with zero attached hydrogens (tertiary/aromatic N) is 3. The molecule has 5 nitrogen and oxygen atoms in total. The van der Waals surface area contributed by atoms with Crippen molar-refractivity contribution in [3.8, 4) is 0 Å². The van der Waals surface area contributed by atoms with Crippen LogP contribution >= 0.6 is 11.3 Å². The number of fused-ring (bicyclic) bond motifs is 1. The fourth-order valence-corrected chi connectivity index (χ4v) is 6.19. The molecule has 0 spiro atoms. The first-order valence-corrected chi connectivity index (χ1v) is 11.3. The Bertz CT molecular complexity index is 910. The maximum atomic E-state index is 13.6. The number of piperidine rings is 2. The number of carbonyl (C=O) groups excluding carboxylic acids is 2. The van der Waals surface area contributed by atoms with E-state index in [0.29, 0.717) is 0 Å². The minimum atomic E-state index is -0.260. The van der Waals surface area contributed by atoms with Crippen LogP contribution in [0.4, 0.5) is 0 Å². The molecule has 2 aromatic rings. The summed E-state index contributed by atoms with van der Waals surface area (Å²) >= 11 is 1.52. The van der Waals surface area contributed by atoms with E-state index in [9.17, 15) is 9.59 Å². The van der Waals surface area contributed by atoms with Crippen LogP contribution in [-0.2, 0) is 11.2 Å². The van der Waals surface area contributed by atoms with Crippen molar-refractivity contribution in [2.75, 3.05) is 13.1 Å². The Hall–Kier alpha value is -2.21. The summed E-state index contributed by atoms with van der Waals surface area (Å²) < 4.78 is 0. The molecule has 154 valence electrons. The first kappa shape index (κ1) is 20.1. The van der Waals surface area contributed by atoms with Crippen molar-refractivity contribution >= 4 is 23.2 Å². The number of likely N-dealkylation sites (tertiary alicyclic amines) is 2. The van der Waals surface area contributed by atoms with E-state index in [1.165, 1.54) is 16.9 Å². The van der Waals surface area contributed by atoms with Crippen LogP contribution in [0.3, 0.4) is 0 Å². The van der Waals surface area contributed by atoms with Crippen molar-refractivity contribution in [2.45, 2.75) is 64.5 Å². The molecule has 3 heterocycles. The maximum Gasteiger partial charge on any atom is 0.266 e. The van der Waals surface area contributed by atoms with E-state index in [0.717, 1.165) is 60.8 Å². The minimum absolute atomic E-state index is 0.0838. The summed E-state index contributed by atoms with van der Waals surface area (Å²) in [5.41, 5.74) is 1.76. The number of carbonyl (C=O) groups is 2. The lowest BCUT2D eigenvalue weighted by molar-refractivity contribution is -0.143. The first-order chi connectivity index (χ1) is 13.9. The molecule has 2 aliphatic heterocycles. The zero-order valence-electron chi connectivity index (χ0n) is 17.5. The number of aryl methyl sites for hydroxylation is 1. The molecule has 0 N–H and O–H groups in total. The number of benzene rings is 1. The molecule has 0 radical (unpaired) electrons. The van der Waals surface area contributed by atoms with Gasteiger partial charge in [0.25, 0.3) is 5.91 Å². The van der Waals surface area contributed by atoms with Gasteiger partial charge in [-0.15, -0.1) is 11.3 Å².